The number of hydrogen-bond donors (Lipinski definition) is 0. The number of rotatable bonds is 0. The first-order chi connectivity index (χ1) is 6.65. The van der Waals surface area contributed by atoms with Crippen molar-refractivity contribution in [3.8, 4) is 0 Å². The lowest BCUT2D eigenvalue weighted by Crippen LogP contribution is -1.69. The Morgan fingerprint density at radius 1 is 1.07 bits per heavy atom. The van der Waals surface area contributed by atoms with E-state index in [1.807, 2.05) is 38.5 Å². The van der Waals surface area contributed by atoms with Crippen LogP contribution >= 0.6 is 11.8 Å². The number of thioether (sulfide) groups is 1. The Morgan fingerprint density at radius 2 is 1.29 bits per heavy atom. The van der Waals surface area contributed by atoms with E-state index in [-0.39, 0.29) is 5.78 Å². The minimum absolute atomic E-state index is 0.167. The molecule has 0 spiro atoms. The van der Waals surface area contributed by atoms with Crippen LogP contribution in [0.2, 0.25) is 0 Å². The molecule has 0 aliphatic rings. The van der Waals surface area contributed by atoms with Crippen LogP contribution in [-0.2, 0) is 4.79 Å². The van der Waals surface area contributed by atoms with Gasteiger partial charge >= 0.3 is 0 Å². The molecule has 14 heavy (non-hydrogen) atoms. The molecule has 0 bridgehead atoms. The molecule has 1 aromatic heterocycles. The summed E-state index contributed by atoms with van der Waals surface area (Å²) in [6, 6.07) is 3.67. The Morgan fingerprint density at radius 3 is 1.36 bits per heavy atom. The molecule has 0 aliphatic heterocycles. The lowest BCUT2D eigenvalue weighted by molar-refractivity contribution is -0.114. The quantitative estimate of drug-likeness (QED) is 0.662. The second-order valence-electron chi connectivity index (χ2n) is 2.11. The van der Waals surface area contributed by atoms with Crippen LogP contribution in [0.3, 0.4) is 0 Å². The molecule has 0 aromatic carbocycles. The van der Waals surface area contributed by atoms with Crippen molar-refractivity contribution in [2.75, 3.05) is 12.5 Å². The number of hydrogen-bond acceptors (Lipinski definition) is 3. The summed E-state index contributed by atoms with van der Waals surface area (Å²) in [6.45, 7) is 7.06. The molecule has 1 heterocycles. The van der Waals surface area contributed by atoms with Gasteiger partial charge in [0, 0.05) is 0 Å². The van der Waals surface area contributed by atoms with Crippen LogP contribution in [0.5, 0.6) is 0 Å². The molecular formula is C11H22O2S. The second kappa shape index (κ2) is 22.8. The van der Waals surface area contributed by atoms with Crippen molar-refractivity contribution in [2.24, 2.45) is 0 Å². The highest BCUT2D eigenvalue weighted by molar-refractivity contribution is 7.97. The molecule has 0 atom stereocenters. The Kier molecular flexibility index (Phi) is 30.9. The van der Waals surface area contributed by atoms with Crippen molar-refractivity contribution in [3.05, 3.63) is 24.7 Å². The van der Waals surface area contributed by atoms with Crippen LogP contribution < -0.4 is 0 Å². The fourth-order valence-corrected chi connectivity index (χ4v) is 0.227. The molecule has 3 heteroatoms. The summed E-state index contributed by atoms with van der Waals surface area (Å²) in [7, 11) is 0. The molecule has 0 N–H and O–H groups in total. The van der Waals surface area contributed by atoms with E-state index in [0.717, 1.165) is 0 Å². The van der Waals surface area contributed by atoms with Gasteiger partial charge < -0.3 is 9.21 Å². The summed E-state index contributed by atoms with van der Waals surface area (Å²) < 4.78 is 4.58. The average molecular weight is 218 g/mol. The standard InChI is InChI=1S/C4H4O.C3H6O.C2H6S.C2H6/c1-2-4-5-3-1;1-3(2)4;1-3-2;1-2/h1-4H;1-2H3;1-2H3;1-2H3. The van der Waals surface area contributed by atoms with Gasteiger partial charge in [0.2, 0.25) is 0 Å². The number of carbonyl (C=O) groups is 1. The van der Waals surface area contributed by atoms with Gasteiger partial charge in [-0.3, -0.25) is 0 Å². The molecule has 0 saturated carbocycles. The molecule has 0 fully saturated rings. The SMILES string of the molecule is CC.CC(C)=O.CSC.c1ccoc1. The zero-order valence-corrected chi connectivity index (χ0v) is 10.9. The van der Waals surface area contributed by atoms with Gasteiger partial charge in [0.1, 0.15) is 5.78 Å². The molecule has 0 aliphatic carbocycles. The number of Topliss-reactive ketones (excluding diaryl/α,β-unsaturated/α-hetero) is 1. The van der Waals surface area contributed by atoms with Gasteiger partial charge in [-0.1, -0.05) is 13.8 Å². The predicted octanol–water partition coefficient (Wildman–Crippen LogP) is 3.88. The predicted molar refractivity (Wildman–Crippen MR) is 65.9 cm³/mol. The maximum absolute atomic E-state index is 9.44. The zero-order chi connectivity index (χ0) is 11.8. The molecule has 0 saturated heterocycles. The van der Waals surface area contributed by atoms with Gasteiger partial charge in [0.05, 0.1) is 12.5 Å². The summed E-state index contributed by atoms with van der Waals surface area (Å²) in [6.07, 6.45) is 7.33. The van der Waals surface area contributed by atoms with Gasteiger partial charge in [-0.15, -0.1) is 0 Å². The number of carbonyl (C=O) groups excluding carboxylic acids is 1. The first-order valence-electron chi connectivity index (χ1n) is 4.49. The van der Waals surface area contributed by atoms with Crippen molar-refractivity contribution >= 4 is 17.5 Å². The average Bonchev–Trinajstić information content (AvgIpc) is 2.64. The summed E-state index contributed by atoms with van der Waals surface area (Å²) in [5, 5.41) is 0. The Labute approximate surface area is 92.1 Å². The van der Waals surface area contributed by atoms with Crippen molar-refractivity contribution in [1.82, 2.24) is 0 Å². The third kappa shape index (κ3) is 64.8. The fraction of sp³-hybridized carbons (Fsp3) is 0.545. The molecule has 1 rings (SSSR count). The molecule has 0 unspecified atom stereocenters. The number of ketones is 1. The van der Waals surface area contributed by atoms with Gasteiger partial charge in [0.25, 0.3) is 0 Å². The minimum atomic E-state index is 0.167. The van der Waals surface area contributed by atoms with E-state index in [1.165, 1.54) is 13.8 Å². The largest absolute Gasteiger partial charge is 0.473 e. The summed E-state index contributed by atoms with van der Waals surface area (Å²) >= 11 is 1.75. The Balaban J connectivity index is -0.000000123. The van der Waals surface area contributed by atoms with E-state index in [2.05, 4.69) is 4.42 Å². The third-order valence-electron chi connectivity index (χ3n) is 0.425. The van der Waals surface area contributed by atoms with E-state index < -0.39 is 0 Å². The van der Waals surface area contributed by atoms with Crippen LogP contribution in [0, 0.1) is 0 Å². The third-order valence-corrected chi connectivity index (χ3v) is 0.425. The van der Waals surface area contributed by atoms with Crippen LogP contribution in [-0.4, -0.2) is 18.3 Å². The number of furan rings is 1. The van der Waals surface area contributed by atoms with Crippen molar-refractivity contribution < 1.29 is 9.21 Å². The van der Waals surface area contributed by atoms with Gasteiger partial charge in [0.15, 0.2) is 0 Å². The molecule has 2 nitrogen and oxygen atoms in total. The van der Waals surface area contributed by atoms with Crippen LogP contribution in [0.1, 0.15) is 27.7 Å². The Hall–Kier alpha value is -0.700. The normalized spacial score (nSPS) is 6.43. The lowest BCUT2D eigenvalue weighted by atomic mass is 10.6. The van der Waals surface area contributed by atoms with Gasteiger partial charge in [-0.2, -0.15) is 11.8 Å². The first kappa shape index (κ1) is 19.0. The first-order valence-corrected chi connectivity index (χ1v) is 6.13. The van der Waals surface area contributed by atoms with Gasteiger partial charge in [-0.05, 0) is 38.5 Å². The lowest BCUT2D eigenvalue weighted by Gasteiger charge is -1.56. The van der Waals surface area contributed by atoms with Gasteiger partial charge in [-0.25, -0.2) is 0 Å². The monoisotopic (exact) mass is 218 g/mol. The van der Waals surface area contributed by atoms with Crippen LogP contribution in [0.4, 0.5) is 0 Å². The molecule has 0 radical (unpaired) electrons. The molecule has 0 amide bonds. The maximum atomic E-state index is 9.44. The summed E-state index contributed by atoms with van der Waals surface area (Å²) in [4.78, 5) is 9.44. The zero-order valence-electron chi connectivity index (χ0n) is 10.0. The van der Waals surface area contributed by atoms with Crippen LogP contribution in [0.15, 0.2) is 29.1 Å². The van der Waals surface area contributed by atoms with Crippen molar-refractivity contribution in [2.45, 2.75) is 27.7 Å². The van der Waals surface area contributed by atoms with E-state index in [9.17, 15) is 4.79 Å². The fourth-order valence-electron chi connectivity index (χ4n) is 0.227. The van der Waals surface area contributed by atoms with Crippen LogP contribution in [0.25, 0.3) is 0 Å². The molecule has 1 aromatic rings. The highest BCUT2D eigenvalue weighted by atomic mass is 32.2. The molecular weight excluding hydrogens is 196 g/mol. The topological polar surface area (TPSA) is 30.2 Å². The minimum Gasteiger partial charge on any atom is -0.473 e. The summed E-state index contributed by atoms with van der Waals surface area (Å²) in [5.41, 5.74) is 0. The smallest absolute Gasteiger partial charge is 0.126 e. The second-order valence-corrected chi connectivity index (χ2v) is 2.93. The maximum Gasteiger partial charge on any atom is 0.126 e. The van der Waals surface area contributed by atoms with E-state index in [0.29, 0.717) is 0 Å². The summed E-state index contributed by atoms with van der Waals surface area (Å²) in [5.74, 6) is 0.167. The highest BCUT2D eigenvalue weighted by Gasteiger charge is 1.62. The highest BCUT2D eigenvalue weighted by Crippen LogP contribution is 1.79. The van der Waals surface area contributed by atoms with E-state index >= 15 is 0 Å². The van der Waals surface area contributed by atoms with Crippen molar-refractivity contribution in [1.29, 1.82) is 0 Å². The molecule has 84 valence electrons. The van der Waals surface area contributed by atoms with E-state index in [4.69, 9.17) is 0 Å². The van der Waals surface area contributed by atoms with E-state index in [1.54, 1.807) is 24.3 Å². The Bertz CT molecular complexity index is 139. The van der Waals surface area contributed by atoms with Crippen molar-refractivity contribution in [3.63, 3.8) is 0 Å².